The molecule has 136 valence electrons. The molecule has 2 aliphatic rings. The van der Waals surface area contributed by atoms with Crippen LogP contribution in [0.2, 0.25) is 0 Å². The van der Waals surface area contributed by atoms with E-state index in [1.54, 1.807) is 7.11 Å². The zero-order valence-electron chi connectivity index (χ0n) is 14.2. The molecule has 0 bridgehead atoms. The summed E-state index contributed by atoms with van der Waals surface area (Å²) in [7, 11) is 1.61. The first-order valence-electron chi connectivity index (χ1n) is 8.61. The molecule has 3 N–H and O–H groups in total. The van der Waals surface area contributed by atoms with Crippen LogP contribution >= 0.6 is 11.8 Å². The molecule has 2 heterocycles. The number of urea groups is 1. The van der Waals surface area contributed by atoms with Crippen molar-refractivity contribution in [1.82, 2.24) is 10.6 Å². The first kappa shape index (κ1) is 17.9. The fourth-order valence-electron chi connectivity index (χ4n) is 3.57. The molecule has 1 aromatic rings. The lowest BCUT2D eigenvalue weighted by atomic mass is 9.93. The van der Waals surface area contributed by atoms with Gasteiger partial charge < -0.3 is 20.5 Å². The van der Waals surface area contributed by atoms with E-state index in [0.717, 1.165) is 29.9 Å². The highest BCUT2D eigenvalue weighted by molar-refractivity contribution is 8.00. The third kappa shape index (κ3) is 4.39. The first-order valence-corrected chi connectivity index (χ1v) is 9.66. The average Bonchev–Trinajstić information content (AvgIpc) is 3.14. The number of thioether (sulfide) groups is 1. The van der Waals surface area contributed by atoms with Crippen LogP contribution in [0.4, 0.5) is 4.79 Å². The summed E-state index contributed by atoms with van der Waals surface area (Å²) in [4.78, 5) is 23.0. The van der Waals surface area contributed by atoms with Crippen molar-refractivity contribution in [3.8, 4) is 5.75 Å². The molecule has 2 fully saturated rings. The van der Waals surface area contributed by atoms with Crippen LogP contribution in [-0.4, -0.2) is 47.3 Å². The van der Waals surface area contributed by atoms with Gasteiger partial charge >= 0.3 is 12.0 Å². The Labute approximate surface area is 151 Å². The fourth-order valence-corrected chi connectivity index (χ4v) is 5.11. The van der Waals surface area contributed by atoms with Crippen LogP contribution in [-0.2, 0) is 11.2 Å². The second kappa shape index (κ2) is 7.99. The summed E-state index contributed by atoms with van der Waals surface area (Å²) in [6.07, 6.45) is 2.96. The number of benzene rings is 1. The first-order chi connectivity index (χ1) is 12.1. The molecule has 4 atom stereocenters. The van der Waals surface area contributed by atoms with E-state index in [2.05, 4.69) is 10.6 Å². The molecule has 0 aromatic heterocycles. The summed E-state index contributed by atoms with van der Waals surface area (Å²) >= 11 is 1.87. The minimum absolute atomic E-state index is 0.0804. The number of aliphatic carboxylic acids is 1. The van der Waals surface area contributed by atoms with E-state index >= 15 is 0 Å². The lowest BCUT2D eigenvalue weighted by Crippen LogP contribution is -2.36. The molecular formula is C18H24N2O4S. The van der Waals surface area contributed by atoms with Crippen LogP contribution in [0.5, 0.6) is 5.75 Å². The molecule has 1 unspecified atom stereocenters. The van der Waals surface area contributed by atoms with E-state index in [-0.39, 0.29) is 24.0 Å². The zero-order valence-corrected chi connectivity index (χ0v) is 15.1. The Bertz CT molecular complexity index is 622. The number of methoxy groups -OCH3 is 1. The number of fused-ring (bicyclic) bond motifs is 1. The summed E-state index contributed by atoms with van der Waals surface area (Å²) in [5.74, 6) is 0.577. The van der Waals surface area contributed by atoms with Gasteiger partial charge in [-0.3, -0.25) is 4.79 Å². The van der Waals surface area contributed by atoms with E-state index < -0.39 is 5.97 Å². The normalized spacial score (nSPS) is 25.8. The Morgan fingerprint density at radius 1 is 1.36 bits per heavy atom. The Morgan fingerprint density at radius 3 is 2.80 bits per heavy atom. The van der Waals surface area contributed by atoms with Crippen LogP contribution in [0.25, 0.3) is 0 Å². The smallest absolute Gasteiger partial charge is 0.315 e. The standard InChI is InChI=1S/C18H24N2O4S/c1-24-13-7-5-11(6-8-13)9-12(17(21)22)3-2-4-15-16-14(10-25-15)19-18(23)20-16/h5-8,12,14-16H,2-4,9-10H2,1H3,(H,21,22)(H2,19,20,23)/t12?,14-,15-,16-/m0/s1. The highest BCUT2D eigenvalue weighted by Crippen LogP contribution is 2.33. The molecule has 6 nitrogen and oxygen atoms in total. The number of carboxylic acids is 1. The number of carboxylic acid groups (broad SMARTS) is 1. The van der Waals surface area contributed by atoms with Gasteiger partial charge in [0.05, 0.1) is 25.1 Å². The third-order valence-electron chi connectivity index (χ3n) is 4.97. The van der Waals surface area contributed by atoms with Gasteiger partial charge in [-0.1, -0.05) is 18.6 Å². The van der Waals surface area contributed by atoms with Gasteiger partial charge in [-0.25, -0.2) is 4.79 Å². The van der Waals surface area contributed by atoms with Crippen LogP contribution < -0.4 is 15.4 Å². The average molecular weight is 364 g/mol. The van der Waals surface area contributed by atoms with Gasteiger partial charge in [-0.15, -0.1) is 0 Å². The summed E-state index contributed by atoms with van der Waals surface area (Å²) < 4.78 is 5.13. The number of hydrogen-bond acceptors (Lipinski definition) is 4. The Morgan fingerprint density at radius 2 is 2.12 bits per heavy atom. The minimum Gasteiger partial charge on any atom is -0.497 e. The molecule has 2 aliphatic heterocycles. The van der Waals surface area contributed by atoms with Crippen molar-refractivity contribution in [3.63, 3.8) is 0 Å². The molecule has 0 radical (unpaired) electrons. The maximum absolute atomic E-state index is 11.6. The topological polar surface area (TPSA) is 87.7 Å². The molecule has 2 amide bonds. The van der Waals surface area contributed by atoms with Gasteiger partial charge in [-0.05, 0) is 37.0 Å². The van der Waals surface area contributed by atoms with Gasteiger partial charge in [0.25, 0.3) is 0 Å². The molecule has 7 heteroatoms. The number of rotatable bonds is 8. The quantitative estimate of drug-likeness (QED) is 0.616. The summed E-state index contributed by atoms with van der Waals surface area (Å²) in [5.41, 5.74) is 1.01. The van der Waals surface area contributed by atoms with Crippen molar-refractivity contribution in [2.75, 3.05) is 12.9 Å². The van der Waals surface area contributed by atoms with Crippen LogP contribution in [0, 0.1) is 5.92 Å². The van der Waals surface area contributed by atoms with E-state index in [0.29, 0.717) is 18.1 Å². The predicted octanol–water partition coefficient (Wildman–Crippen LogP) is 2.27. The maximum atomic E-state index is 11.6. The van der Waals surface area contributed by atoms with Crippen molar-refractivity contribution >= 4 is 23.8 Å². The molecule has 2 saturated heterocycles. The summed E-state index contributed by atoms with van der Waals surface area (Å²) in [6.45, 7) is 0. The second-order valence-corrected chi connectivity index (χ2v) is 7.91. The number of nitrogens with one attached hydrogen (secondary N) is 2. The number of ether oxygens (including phenoxy) is 1. The van der Waals surface area contributed by atoms with Crippen molar-refractivity contribution in [2.24, 2.45) is 5.92 Å². The second-order valence-electron chi connectivity index (χ2n) is 6.64. The van der Waals surface area contributed by atoms with E-state index in [1.165, 1.54) is 0 Å². The van der Waals surface area contributed by atoms with Crippen molar-refractivity contribution in [1.29, 1.82) is 0 Å². The Hall–Kier alpha value is -1.89. The fraction of sp³-hybridized carbons (Fsp3) is 0.556. The van der Waals surface area contributed by atoms with Crippen molar-refractivity contribution < 1.29 is 19.4 Å². The molecule has 1 aromatic carbocycles. The van der Waals surface area contributed by atoms with E-state index in [1.807, 2.05) is 36.0 Å². The molecule has 0 spiro atoms. The molecule has 25 heavy (non-hydrogen) atoms. The SMILES string of the molecule is COc1ccc(CC(CCC[C@@H]2SC[C@@H]3NC(=O)N[C@@H]32)C(=O)O)cc1. The highest BCUT2D eigenvalue weighted by atomic mass is 32.2. The number of carbonyl (C=O) groups excluding carboxylic acids is 1. The van der Waals surface area contributed by atoms with Crippen LogP contribution in [0.1, 0.15) is 24.8 Å². The van der Waals surface area contributed by atoms with Gasteiger partial charge in [0.2, 0.25) is 0 Å². The predicted molar refractivity (Wildman–Crippen MR) is 97.2 cm³/mol. The number of carbonyl (C=O) groups is 2. The Kier molecular flexibility index (Phi) is 5.73. The minimum atomic E-state index is -0.747. The monoisotopic (exact) mass is 364 g/mol. The van der Waals surface area contributed by atoms with Gasteiger partial charge in [0.1, 0.15) is 5.75 Å². The van der Waals surface area contributed by atoms with E-state index in [9.17, 15) is 14.7 Å². The van der Waals surface area contributed by atoms with Gasteiger partial charge in [-0.2, -0.15) is 11.8 Å². The lowest BCUT2D eigenvalue weighted by molar-refractivity contribution is -0.142. The molecule has 0 saturated carbocycles. The number of hydrogen-bond donors (Lipinski definition) is 3. The molecular weight excluding hydrogens is 340 g/mol. The summed E-state index contributed by atoms with van der Waals surface area (Å²) in [5, 5.41) is 15.8. The highest BCUT2D eigenvalue weighted by Gasteiger charge is 2.42. The van der Waals surface area contributed by atoms with Crippen LogP contribution in [0.15, 0.2) is 24.3 Å². The lowest BCUT2D eigenvalue weighted by Gasteiger charge is -2.18. The zero-order chi connectivity index (χ0) is 17.8. The molecule has 3 rings (SSSR count). The largest absolute Gasteiger partial charge is 0.497 e. The summed E-state index contributed by atoms with van der Waals surface area (Å²) in [6, 6.07) is 7.89. The van der Waals surface area contributed by atoms with E-state index in [4.69, 9.17) is 4.74 Å². The third-order valence-corrected chi connectivity index (χ3v) is 6.48. The maximum Gasteiger partial charge on any atom is 0.315 e. The Balaban J connectivity index is 1.48. The van der Waals surface area contributed by atoms with Crippen molar-refractivity contribution in [2.45, 2.75) is 43.0 Å². The van der Waals surface area contributed by atoms with Crippen molar-refractivity contribution in [3.05, 3.63) is 29.8 Å². The van der Waals surface area contributed by atoms with Crippen LogP contribution in [0.3, 0.4) is 0 Å². The number of amides is 2. The molecule has 0 aliphatic carbocycles. The van der Waals surface area contributed by atoms with Gasteiger partial charge in [0, 0.05) is 11.0 Å². The van der Waals surface area contributed by atoms with Gasteiger partial charge in [0.15, 0.2) is 0 Å².